The maximum absolute atomic E-state index is 10.6. The summed E-state index contributed by atoms with van der Waals surface area (Å²) in [5.74, 6) is 0.301. The quantitative estimate of drug-likeness (QED) is 0.451. The van der Waals surface area contributed by atoms with Crippen molar-refractivity contribution >= 4 is 29.9 Å². The molecule has 80 valence electrons. The van der Waals surface area contributed by atoms with Gasteiger partial charge >= 0.3 is 6.09 Å². The molecule has 0 saturated heterocycles. The first-order valence-electron chi connectivity index (χ1n) is 3.86. The average Bonchev–Trinajstić information content (AvgIpc) is 2.24. The van der Waals surface area contributed by atoms with Crippen molar-refractivity contribution in [3.63, 3.8) is 0 Å². The van der Waals surface area contributed by atoms with E-state index >= 15 is 0 Å². The van der Waals surface area contributed by atoms with Gasteiger partial charge in [-0.2, -0.15) is 0 Å². The molecule has 0 radical (unpaired) electrons. The van der Waals surface area contributed by atoms with Crippen LogP contribution in [0.1, 0.15) is 0 Å². The molecule has 15 heavy (non-hydrogen) atoms. The number of aromatic nitrogens is 2. The molecule has 0 atom stereocenters. The van der Waals surface area contributed by atoms with Gasteiger partial charge in [-0.3, -0.25) is 4.98 Å². The largest absolute Gasteiger partial charge is 0.431 e. The molecule has 7 nitrogen and oxygen atoms in total. The number of hydrogen-bond acceptors (Lipinski definition) is 5. The molecule has 1 aromatic rings. The van der Waals surface area contributed by atoms with Gasteiger partial charge in [0.1, 0.15) is 11.5 Å². The van der Waals surface area contributed by atoms with Crippen LogP contribution in [0.3, 0.4) is 0 Å². The third-order valence-corrected chi connectivity index (χ3v) is 1.38. The van der Waals surface area contributed by atoms with E-state index in [1.54, 1.807) is 0 Å². The van der Waals surface area contributed by atoms with Gasteiger partial charge in [0.25, 0.3) is 0 Å². The van der Waals surface area contributed by atoms with Crippen LogP contribution in [0.5, 0.6) is 0 Å². The Balaban J connectivity index is 2.41. The van der Waals surface area contributed by atoms with Crippen molar-refractivity contribution in [3.8, 4) is 0 Å². The maximum Gasteiger partial charge on any atom is 0.431 e. The SMILES string of the molecule is CNC(=O)ON/C=N/c1cncc(Cl)n1. The summed E-state index contributed by atoms with van der Waals surface area (Å²) in [5.41, 5.74) is 2.19. The second-order valence-electron chi connectivity index (χ2n) is 2.22. The summed E-state index contributed by atoms with van der Waals surface area (Å²) >= 11 is 5.57. The molecule has 1 heterocycles. The molecule has 1 rings (SSSR count). The van der Waals surface area contributed by atoms with E-state index in [0.717, 1.165) is 6.34 Å². The highest BCUT2D eigenvalue weighted by Crippen LogP contribution is 2.08. The predicted molar refractivity (Wildman–Crippen MR) is 53.9 cm³/mol. The van der Waals surface area contributed by atoms with Crippen LogP contribution in [0.25, 0.3) is 0 Å². The van der Waals surface area contributed by atoms with Gasteiger partial charge in [0.2, 0.25) is 0 Å². The lowest BCUT2D eigenvalue weighted by atomic mass is 10.7. The van der Waals surface area contributed by atoms with Gasteiger partial charge in [-0.15, -0.1) is 0 Å². The van der Waals surface area contributed by atoms with Gasteiger partial charge in [-0.1, -0.05) is 11.6 Å². The highest BCUT2D eigenvalue weighted by Gasteiger charge is 1.94. The molecule has 8 heteroatoms. The van der Waals surface area contributed by atoms with Crippen LogP contribution in [-0.4, -0.2) is 29.4 Å². The molecule has 0 fully saturated rings. The zero-order chi connectivity index (χ0) is 11.1. The van der Waals surface area contributed by atoms with Gasteiger partial charge in [0, 0.05) is 7.05 Å². The van der Waals surface area contributed by atoms with E-state index in [1.807, 2.05) is 0 Å². The van der Waals surface area contributed by atoms with Crippen molar-refractivity contribution in [1.29, 1.82) is 0 Å². The Kier molecular flexibility index (Phi) is 4.30. The van der Waals surface area contributed by atoms with Crippen LogP contribution in [0.2, 0.25) is 5.15 Å². The fraction of sp³-hybridized carbons (Fsp3) is 0.143. The predicted octanol–water partition coefficient (Wildman–Crippen LogP) is 0.650. The van der Waals surface area contributed by atoms with E-state index in [1.165, 1.54) is 19.4 Å². The van der Waals surface area contributed by atoms with Crippen LogP contribution in [0.4, 0.5) is 10.6 Å². The molecule has 0 aliphatic rings. The summed E-state index contributed by atoms with van der Waals surface area (Å²) in [5, 5.41) is 2.47. The molecule has 2 N–H and O–H groups in total. The zero-order valence-corrected chi connectivity index (χ0v) is 8.52. The highest BCUT2D eigenvalue weighted by molar-refractivity contribution is 6.29. The number of halogens is 1. The standard InChI is InChI=1S/C7H8ClN5O2/c1-9-7(14)15-12-4-11-6-3-10-2-5(8)13-6/h2-4H,1H3,(H,9,14)(H,11,12,13). The summed E-state index contributed by atoms with van der Waals surface area (Å²) in [7, 11) is 1.43. The number of nitrogens with one attached hydrogen (secondary N) is 2. The number of nitrogens with zero attached hydrogens (tertiary/aromatic N) is 3. The minimum Gasteiger partial charge on any atom is -0.323 e. The molecule has 0 unspecified atom stereocenters. The Labute approximate surface area is 90.5 Å². The molecular formula is C7H8ClN5O2. The zero-order valence-electron chi connectivity index (χ0n) is 7.77. The lowest BCUT2D eigenvalue weighted by Gasteiger charge is -1.99. The van der Waals surface area contributed by atoms with E-state index < -0.39 is 6.09 Å². The second kappa shape index (κ2) is 5.76. The fourth-order valence-electron chi connectivity index (χ4n) is 0.618. The van der Waals surface area contributed by atoms with Crippen LogP contribution < -0.4 is 10.8 Å². The Hall–Kier alpha value is -1.89. The van der Waals surface area contributed by atoms with Gasteiger partial charge < -0.3 is 10.2 Å². The molecule has 0 spiro atoms. The van der Waals surface area contributed by atoms with Crippen molar-refractivity contribution in [2.45, 2.75) is 0 Å². The van der Waals surface area contributed by atoms with Crippen LogP contribution >= 0.6 is 11.6 Å². The van der Waals surface area contributed by atoms with Gasteiger partial charge in [-0.25, -0.2) is 20.3 Å². The third-order valence-electron chi connectivity index (χ3n) is 1.20. The van der Waals surface area contributed by atoms with Crippen molar-refractivity contribution in [2.24, 2.45) is 4.99 Å². The topological polar surface area (TPSA) is 88.5 Å². The van der Waals surface area contributed by atoms with Crippen molar-refractivity contribution in [3.05, 3.63) is 17.5 Å². The minimum absolute atomic E-state index is 0.233. The average molecular weight is 230 g/mol. The Morgan fingerprint density at radius 2 is 2.47 bits per heavy atom. The Bertz CT molecular complexity index is 370. The summed E-state index contributed by atoms with van der Waals surface area (Å²) < 4.78 is 0. The molecule has 0 saturated carbocycles. The number of hydrogen-bond donors (Lipinski definition) is 2. The molecule has 0 aliphatic carbocycles. The van der Waals surface area contributed by atoms with Gasteiger partial charge in [0.05, 0.1) is 12.4 Å². The van der Waals surface area contributed by atoms with Crippen molar-refractivity contribution in [1.82, 2.24) is 20.8 Å². The van der Waals surface area contributed by atoms with Gasteiger partial charge in [0.15, 0.2) is 5.82 Å². The van der Waals surface area contributed by atoms with E-state index in [0.29, 0.717) is 5.82 Å². The summed E-state index contributed by atoms with van der Waals surface area (Å²) in [6.07, 6.45) is 3.31. The minimum atomic E-state index is -0.626. The number of aliphatic imine (C=N–C) groups is 1. The van der Waals surface area contributed by atoms with Crippen LogP contribution in [0, 0.1) is 0 Å². The smallest absolute Gasteiger partial charge is 0.323 e. The molecule has 0 aromatic carbocycles. The molecule has 1 aromatic heterocycles. The van der Waals surface area contributed by atoms with E-state index in [-0.39, 0.29) is 5.15 Å². The first-order chi connectivity index (χ1) is 7.22. The van der Waals surface area contributed by atoms with Crippen LogP contribution in [0.15, 0.2) is 17.4 Å². The second-order valence-corrected chi connectivity index (χ2v) is 2.60. The molecule has 1 amide bonds. The van der Waals surface area contributed by atoms with E-state index in [9.17, 15) is 4.79 Å². The van der Waals surface area contributed by atoms with Gasteiger partial charge in [-0.05, 0) is 0 Å². The van der Waals surface area contributed by atoms with Crippen molar-refractivity contribution in [2.75, 3.05) is 7.05 Å². The maximum atomic E-state index is 10.6. The van der Waals surface area contributed by atoms with E-state index in [2.05, 4.69) is 30.6 Å². The normalized spacial score (nSPS) is 10.0. The number of rotatable bonds is 3. The first-order valence-corrected chi connectivity index (χ1v) is 4.24. The number of carbonyl (C=O) groups excluding carboxylic acids is 1. The Morgan fingerprint density at radius 3 is 3.13 bits per heavy atom. The van der Waals surface area contributed by atoms with E-state index in [4.69, 9.17) is 11.6 Å². The molecule has 0 aliphatic heterocycles. The molecular weight excluding hydrogens is 222 g/mol. The fourth-order valence-corrected chi connectivity index (χ4v) is 0.761. The lowest BCUT2D eigenvalue weighted by Crippen LogP contribution is -2.26. The number of carbonyl (C=O) groups is 1. The van der Waals surface area contributed by atoms with Crippen LogP contribution in [-0.2, 0) is 4.84 Å². The molecule has 0 bridgehead atoms. The summed E-state index contributed by atoms with van der Waals surface area (Å²) in [4.78, 5) is 26.3. The highest BCUT2D eigenvalue weighted by atomic mass is 35.5. The number of amides is 1. The Morgan fingerprint density at radius 1 is 1.67 bits per heavy atom. The number of hydroxylamine groups is 1. The first kappa shape index (κ1) is 11.2. The lowest BCUT2D eigenvalue weighted by molar-refractivity contribution is 0.124. The van der Waals surface area contributed by atoms with Crippen molar-refractivity contribution < 1.29 is 9.63 Å². The third kappa shape index (κ3) is 4.23. The monoisotopic (exact) mass is 229 g/mol. The summed E-state index contributed by atoms with van der Waals surface area (Å²) in [6, 6.07) is 0. The summed E-state index contributed by atoms with van der Waals surface area (Å²) in [6.45, 7) is 0.